The van der Waals surface area contributed by atoms with Crippen molar-refractivity contribution >= 4 is 15.9 Å². The van der Waals surface area contributed by atoms with Crippen molar-refractivity contribution < 1.29 is 5.11 Å². The van der Waals surface area contributed by atoms with Gasteiger partial charge in [-0.15, -0.1) is 0 Å². The Kier molecular flexibility index (Phi) is 4.25. The number of aliphatic hydroxyl groups excluding tert-OH is 1. The molecule has 0 aliphatic heterocycles. The van der Waals surface area contributed by atoms with Gasteiger partial charge in [0.25, 0.3) is 0 Å². The van der Waals surface area contributed by atoms with E-state index in [1.807, 2.05) is 0 Å². The van der Waals surface area contributed by atoms with Crippen LogP contribution >= 0.6 is 15.9 Å². The second-order valence-corrected chi connectivity index (χ2v) is 6.96. The van der Waals surface area contributed by atoms with Crippen molar-refractivity contribution in [3.63, 3.8) is 0 Å². The van der Waals surface area contributed by atoms with Gasteiger partial charge in [-0.3, -0.25) is 0 Å². The summed E-state index contributed by atoms with van der Waals surface area (Å²) in [4.78, 5) is 0. The minimum atomic E-state index is -0.126. The van der Waals surface area contributed by atoms with E-state index in [0.717, 1.165) is 12.8 Å². The average Bonchev–Trinajstić information content (AvgIpc) is 2.35. The number of hydrogen-bond donors (Lipinski definition) is 2. The molecule has 2 aliphatic rings. The van der Waals surface area contributed by atoms with Crippen molar-refractivity contribution in [1.29, 1.82) is 0 Å². The number of benzene rings is 1. The van der Waals surface area contributed by atoms with Gasteiger partial charge in [0.15, 0.2) is 0 Å². The highest BCUT2D eigenvalue weighted by Crippen LogP contribution is 2.38. The van der Waals surface area contributed by atoms with Crippen molar-refractivity contribution in [3.8, 4) is 0 Å². The number of halogens is 1. The molecule has 0 radical (unpaired) electrons. The average molecular weight is 324 g/mol. The van der Waals surface area contributed by atoms with E-state index >= 15 is 0 Å². The van der Waals surface area contributed by atoms with Crippen molar-refractivity contribution in [2.24, 2.45) is 0 Å². The minimum Gasteiger partial charge on any atom is -0.392 e. The van der Waals surface area contributed by atoms with E-state index < -0.39 is 0 Å². The van der Waals surface area contributed by atoms with E-state index in [9.17, 15) is 5.11 Å². The highest BCUT2D eigenvalue weighted by Gasteiger charge is 2.33. The summed E-state index contributed by atoms with van der Waals surface area (Å²) in [6.45, 7) is 0. The van der Waals surface area contributed by atoms with Crippen LogP contribution in [0.3, 0.4) is 0 Å². The molecule has 2 unspecified atom stereocenters. The number of aliphatic hydroxyl groups is 1. The molecule has 19 heavy (non-hydrogen) atoms. The van der Waals surface area contributed by atoms with E-state index in [-0.39, 0.29) is 6.10 Å². The lowest BCUT2D eigenvalue weighted by Gasteiger charge is -2.41. The Bertz CT molecular complexity index is 431. The molecule has 2 atom stereocenters. The van der Waals surface area contributed by atoms with Crippen LogP contribution < -0.4 is 5.32 Å². The maximum Gasteiger partial charge on any atom is 0.0693 e. The van der Waals surface area contributed by atoms with E-state index in [4.69, 9.17) is 0 Å². The summed E-state index contributed by atoms with van der Waals surface area (Å²) >= 11 is 3.54. The van der Waals surface area contributed by atoms with Gasteiger partial charge in [0.05, 0.1) is 6.10 Å². The van der Waals surface area contributed by atoms with Crippen molar-refractivity contribution in [2.45, 2.75) is 62.6 Å². The normalized spacial score (nSPS) is 34.8. The lowest BCUT2D eigenvalue weighted by molar-refractivity contribution is 0.0751. The first-order valence-electron chi connectivity index (χ1n) is 7.42. The number of nitrogens with one attached hydrogen (secondary N) is 1. The van der Waals surface area contributed by atoms with Gasteiger partial charge in [0.2, 0.25) is 0 Å². The van der Waals surface area contributed by atoms with E-state index in [2.05, 4.69) is 45.5 Å². The van der Waals surface area contributed by atoms with Gasteiger partial charge in [0, 0.05) is 16.6 Å². The summed E-state index contributed by atoms with van der Waals surface area (Å²) in [6.07, 6.45) is 6.85. The second-order valence-electron chi connectivity index (χ2n) is 6.05. The molecule has 2 aliphatic carbocycles. The van der Waals surface area contributed by atoms with Gasteiger partial charge >= 0.3 is 0 Å². The maximum absolute atomic E-state index is 9.99. The van der Waals surface area contributed by atoms with Crippen LogP contribution in [0.2, 0.25) is 0 Å². The third kappa shape index (κ3) is 3.21. The monoisotopic (exact) mass is 323 g/mol. The summed E-state index contributed by atoms with van der Waals surface area (Å²) in [7, 11) is 0. The molecule has 0 heterocycles. The Morgan fingerprint density at radius 1 is 1.16 bits per heavy atom. The van der Waals surface area contributed by atoms with Crippen molar-refractivity contribution in [3.05, 3.63) is 34.3 Å². The molecule has 2 fully saturated rings. The molecule has 3 rings (SSSR count). The van der Waals surface area contributed by atoms with E-state index in [1.54, 1.807) is 0 Å². The van der Waals surface area contributed by atoms with E-state index in [1.165, 1.54) is 35.7 Å². The maximum atomic E-state index is 9.99. The molecule has 2 nitrogen and oxygen atoms in total. The number of rotatable bonds is 3. The molecule has 2 saturated carbocycles. The van der Waals surface area contributed by atoms with Crippen LogP contribution in [0.25, 0.3) is 0 Å². The van der Waals surface area contributed by atoms with Gasteiger partial charge < -0.3 is 10.4 Å². The van der Waals surface area contributed by atoms with Crippen LogP contribution in [0.5, 0.6) is 0 Å². The predicted molar refractivity (Wildman–Crippen MR) is 81.3 cm³/mol. The first-order chi connectivity index (χ1) is 9.22. The molecular formula is C16H22BrNO. The lowest BCUT2D eigenvalue weighted by atomic mass is 9.75. The molecule has 1 aromatic rings. The quantitative estimate of drug-likeness (QED) is 0.891. The highest BCUT2D eigenvalue weighted by molar-refractivity contribution is 9.10. The van der Waals surface area contributed by atoms with E-state index in [0.29, 0.717) is 18.0 Å². The Labute approximate surface area is 123 Å². The molecule has 0 amide bonds. The van der Waals surface area contributed by atoms with Crippen LogP contribution in [0.15, 0.2) is 28.7 Å². The fraction of sp³-hybridized carbons (Fsp3) is 0.625. The molecule has 3 heteroatoms. The van der Waals surface area contributed by atoms with Gasteiger partial charge in [-0.1, -0.05) is 40.9 Å². The zero-order chi connectivity index (χ0) is 13.2. The fourth-order valence-corrected chi connectivity index (χ4v) is 3.81. The first-order valence-corrected chi connectivity index (χ1v) is 8.21. The molecule has 0 saturated heterocycles. The Hall–Kier alpha value is -0.380. The standard InChI is InChI=1S/C16H22BrNO/c17-13-5-3-4-11(8-13)12-9-14(10-12)18-15-6-1-2-7-16(15)19/h3-5,8,12,14-16,18-19H,1-2,6-7,9-10H2. The summed E-state index contributed by atoms with van der Waals surface area (Å²) in [5.41, 5.74) is 1.44. The zero-order valence-corrected chi connectivity index (χ0v) is 12.8. The van der Waals surface area contributed by atoms with Gasteiger partial charge in [0.1, 0.15) is 0 Å². The highest BCUT2D eigenvalue weighted by atomic mass is 79.9. The van der Waals surface area contributed by atoms with Gasteiger partial charge in [-0.2, -0.15) is 0 Å². The summed E-state index contributed by atoms with van der Waals surface area (Å²) in [6, 6.07) is 9.59. The molecule has 104 valence electrons. The molecule has 2 N–H and O–H groups in total. The Morgan fingerprint density at radius 2 is 1.95 bits per heavy atom. The van der Waals surface area contributed by atoms with Crippen LogP contribution in [0.1, 0.15) is 50.0 Å². The fourth-order valence-electron chi connectivity index (χ4n) is 3.40. The predicted octanol–water partition coefficient (Wildman–Crippen LogP) is 3.59. The van der Waals surface area contributed by atoms with Crippen LogP contribution in [0.4, 0.5) is 0 Å². The molecule has 1 aromatic carbocycles. The third-order valence-corrected chi connectivity index (χ3v) is 5.13. The second kappa shape index (κ2) is 5.94. The largest absolute Gasteiger partial charge is 0.392 e. The van der Waals surface area contributed by atoms with Crippen LogP contribution in [0, 0.1) is 0 Å². The Balaban J connectivity index is 1.50. The molecule has 0 aromatic heterocycles. The van der Waals surface area contributed by atoms with Crippen LogP contribution in [-0.2, 0) is 0 Å². The summed E-state index contributed by atoms with van der Waals surface area (Å²) < 4.78 is 1.17. The molecule has 0 spiro atoms. The topological polar surface area (TPSA) is 32.3 Å². The molecule has 0 bridgehead atoms. The SMILES string of the molecule is OC1CCCCC1NC1CC(c2cccc(Br)c2)C1. The Morgan fingerprint density at radius 3 is 2.68 bits per heavy atom. The molecular weight excluding hydrogens is 302 g/mol. The number of hydrogen-bond acceptors (Lipinski definition) is 2. The third-order valence-electron chi connectivity index (χ3n) is 4.64. The first kappa shape index (κ1) is 13.6. The van der Waals surface area contributed by atoms with Crippen LogP contribution in [-0.4, -0.2) is 23.3 Å². The zero-order valence-electron chi connectivity index (χ0n) is 11.2. The van der Waals surface area contributed by atoms with Gasteiger partial charge in [-0.25, -0.2) is 0 Å². The lowest BCUT2D eigenvalue weighted by Crippen LogP contribution is -2.51. The van der Waals surface area contributed by atoms with Crippen molar-refractivity contribution in [1.82, 2.24) is 5.32 Å². The summed E-state index contributed by atoms with van der Waals surface area (Å²) in [5, 5.41) is 13.6. The smallest absolute Gasteiger partial charge is 0.0693 e. The summed E-state index contributed by atoms with van der Waals surface area (Å²) in [5.74, 6) is 0.690. The van der Waals surface area contributed by atoms with Crippen molar-refractivity contribution in [2.75, 3.05) is 0 Å². The minimum absolute atomic E-state index is 0.126. The van der Waals surface area contributed by atoms with Gasteiger partial charge in [-0.05, 0) is 49.3 Å².